The molecule has 7 heteroatoms. The van der Waals surface area contributed by atoms with Crippen molar-refractivity contribution in [2.45, 2.75) is 32.6 Å². The standard InChI is InChI=1S/C20H21N3O4/c1-20-11-5-4-7-15(20)18(20)19(24)22-21-12-13-9-10-17(27-13)14-6-2-3-8-16(14)23(25)26/h2-3,6,8-10,12,15,18H,4-5,7,11H2,1H3,(H,22,24)/b21-12-/t15-,18+,20-/m0/s1. The minimum absolute atomic E-state index is 0.0202. The van der Waals surface area contributed by atoms with Crippen LogP contribution in [0.1, 0.15) is 38.4 Å². The summed E-state index contributed by atoms with van der Waals surface area (Å²) < 4.78 is 5.63. The molecule has 2 saturated carbocycles. The van der Waals surface area contributed by atoms with Crippen LogP contribution in [0, 0.1) is 27.4 Å². The Morgan fingerprint density at radius 3 is 2.89 bits per heavy atom. The number of amides is 1. The number of fused-ring (bicyclic) bond motifs is 1. The second kappa shape index (κ2) is 6.64. The molecular weight excluding hydrogens is 346 g/mol. The van der Waals surface area contributed by atoms with E-state index in [0.717, 1.165) is 12.8 Å². The Hall–Kier alpha value is -2.96. The number of nitrogens with one attached hydrogen (secondary N) is 1. The van der Waals surface area contributed by atoms with E-state index in [2.05, 4.69) is 17.5 Å². The van der Waals surface area contributed by atoms with Gasteiger partial charge >= 0.3 is 0 Å². The summed E-state index contributed by atoms with van der Waals surface area (Å²) >= 11 is 0. The smallest absolute Gasteiger partial charge is 0.280 e. The number of para-hydroxylation sites is 1. The normalized spacial score (nSPS) is 26.6. The van der Waals surface area contributed by atoms with Gasteiger partial charge in [0.25, 0.3) is 5.69 Å². The molecule has 140 valence electrons. The molecule has 3 atom stereocenters. The van der Waals surface area contributed by atoms with E-state index in [4.69, 9.17) is 4.42 Å². The third kappa shape index (κ3) is 3.13. The molecule has 2 aliphatic carbocycles. The number of furan rings is 1. The number of hydrogen-bond donors (Lipinski definition) is 1. The Morgan fingerprint density at radius 1 is 1.33 bits per heavy atom. The summed E-state index contributed by atoms with van der Waals surface area (Å²) in [5.74, 6) is 1.30. The van der Waals surface area contributed by atoms with E-state index in [1.807, 2.05) is 0 Å². The first-order valence-corrected chi connectivity index (χ1v) is 9.17. The molecule has 2 aromatic rings. The Bertz CT molecular complexity index is 919. The van der Waals surface area contributed by atoms with E-state index >= 15 is 0 Å². The van der Waals surface area contributed by atoms with Crippen LogP contribution in [-0.2, 0) is 4.79 Å². The van der Waals surface area contributed by atoms with Crippen molar-refractivity contribution in [1.82, 2.24) is 5.43 Å². The van der Waals surface area contributed by atoms with Crippen molar-refractivity contribution < 1.29 is 14.1 Å². The fourth-order valence-corrected chi connectivity index (χ4v) is 4.49. The largest absolute Gasteiger partial charge is 0.455 e. The number of hydrogen-bond acceptors (Lipinski definition) is 5. The van der Waals surface area contributed by atoms with Gasteiger partial charge in [-0.1, -0.05) is 31.9 Å². The van der Waals surface area contributed by atoms with Crippen LogP contribution in [0.2, 0.25) is 0 Å². The van der Waals surface area contributed by atoms with Crippen molar-refractivity contribution in [3.8, 4) is 11.3 Å². The van der Waals surface area contributed by atoms with Gasteiger partial charge in [0.1, 0.15) is 11.5 Å². The van der Waals surface area contributed by atoms with Gasteiger partial charge in [-0.15, -0.1) is 0 Å². The zero-order valence-electron chi connectivity index (χ0n) is 15.1. The number of carbonyl (C=O) groups is 1. The maximum Gasteiger partial charge on any atom is 0.280 e. The molecule has 1 aromatic heterocycles. The highest BCUT2D eigenvalue weighted by Crippen LogP contribution is 2.66. The predicted molar refractivity (Wildman–Crippen MR) is 100 cm³/mol. The number of nitro groups is 1. The maximum atomic E-state index is 12.4. The Balaban J connectivity index is 1.42. The molecular formula is C20H21N3O4. The van der Waals surface area contributed by atoms with Gasteiger partial charge in [0, 0.05) is 12.0 Å². The van der Waals surface area contributed by atoms with E-state index in [0.29, 0.717) is 23.0 Å². The van der Waals surface area contributed by atoms with E-state index < -0.39 is 4.92 Å². The first-order valence-electron chi connectivity index (χ1n) is 9.17. The fraction of sp³-hybridized carbons (Fsp3) is 0.400. The van der Waals surface area contributed by atoms with Gasteiger partial charge in [-0.05, 0) is 42.4 Å². The predicted octanol–water partition coefficient (Wildman–Crippen LogP) is 4.13. The summed E-state index contributed by atoms with van der Waals surface area (Å²) in [5, 5.41) is 15.1. The number of nitro benzene ring substituents is 1. The zero-order chi connectivity index (χ0) is 19.0. The third-order valence-corrected chi connectivity index (χ3v) is 5.97. The minimum Gasteiger partial charge on any atom is -0.455 e. The average molecular weight is 367 g/mol. The number of hydrazone groups is 1. The van der Waals surface area contributed by atoms with E-state index in [-0.39, 0.29) is 22.9 Å². The third-order valence-electron chi connectivity index (χ3n) is 5.97. The molecule has 0 spiro atoms. The summed E-state index contributed by atoms with van der Waals surface area (Å²) in [6.07, 6.45) is 6.05. The summed E-state index contributed by atoms with van der Waals surface area (Å²) in [4.78, 5) is 23.1. The molecule has 2 fully saturated rings. The molecule has 27 heavy (non-hydrogen) atoms. The van der Waals surface area contributed by atoms with Crippen LogP contribution in [0.4, 0.5) is 5.69 Å². The lowest BCUT2D eigenvalue weighted by molar-refractivity contribution is -0.384. The molecule has 0 bridgehead atoms. The van der Waals surface area contributed by atoms with Crippen molar-refractivity contribution in [2.24, 2.45) is 22.4 Å². The van der Waals surface area contributed by atoms with Crippen LogP contribution in [-0.4, -0.2) is 17.0 Å². The van der Waals surface area contributed by atoms with Gasteiger partial charge in [0.05, 0.1) is 16.7 Å². The highest BCUT2D eigenvalue weighted by Gasteiger charge is 2.64. The average Bonchev–Trinajstić information content (AvgIpc) is 3.03. The molecule has 7 nitrogen and oxygen atoms in total. The number of nitrogens with zero attached hydrogens (tertiary/aromatic N) is 2. The van der Waals surface area contributed by atoms with Crippen molar-refractivity contribution >= 4 is 17.8 Å². The molecule has 1 heterocycles. The topological polar surface area (TPSA) is 97.7 Å². The first kappa shape index (κ1) is 17.5. The molecule has 1 aromatic carbocycles. The molecule has 0 radical (unpaired) electrons. The van der Waals surface area contributed by atoms with Crippen LogP contribution in [0.15, 0.2) is 45.9 Å². The quantitative estimate of drug-likeness (QED) is 0.488. The monoisotopic (exact) mass is 367 g/mol. The second-order valence-corrected chi connectivity index (χ2v) is 7.55. The fourth-order valence-electron chi connectivity index (χ4n) is 4.49. The van der Waals surface area contributed by atoms with Gasteiger partial charge in [0.2, 0.25) is 5.91 Å². The van der Waals surface area contributed by atoms with Gasteiger partial charge in [-0.2, -0.15) is 5.10 Å². The summed E-state index contributed by atoms with van der Waals surface area (Å²) in [7, 11) is 0. The Kier molecular flexibility index (Phi) is 4.30. The SMILES string of the molecule is C[C@]12CCCC[C@H]1[C@@H]2C(=O)N/N=C\c1ccc(-c2ccccc2[N+](=O)[O-])o1. The molecule has 4 rings (SSSR count). The van der Waals surface area contributed by atoms with Crippen molar-refractivity contribution in [3.63, 3.8) is 0 Å². The molecule has 0 unspecified atom stereocenters. The molecule has 2 aliphatic rings. The maximum absolute atomic E-state index is 12.4. The van der Waals surface area contributed by atoms with Gasteiger partial charge in [-0.3, -0.25) is 14.9 Å². The molecule has 1 amide bonds. The lowest BCUT2D eigenvalue weighted by atomic mass is 9.90. The van der Waals surface area contributed by atoms with Crippen LogP contribution in [0.3, 0.4) is 0 Å². The van der Waals surface area contributed by atoms with Crippen LogP contribution >= 0.6 is 0 Å². The van der Waals surface area contributed by atoms with Crippen molar-refractivity contribution in [1.29, 1.82) is 0 Å². The van der Waals surface area contributed by atoms with Crippen molar-refractivity contribution in [2.75, 3.05) is 0 Å². The second-order valence-electron chi connectivity index (χ2n) is 7.55. The molecule has 1 N–H and O–H groups in total. The summed E-state index contributed by atoms with van der Waals surface area (Å²) in [6, 6.07) is 9.71. The highest BCUT2D eigenvalue weighted by molar-refractivity contribution is 5.85. The Labute approximate surface area is 156 Å². The lowest BCUT2D eigenvalue weighted by Gasteiger charge is -2.15. The van der Waals surface area contributed by atoms with Crippen molar-refractivity contribution in [3.05, 3.63) is 52.3 Å². The van der Waals surface area contributed by atoms with Gasteiger partial charge in [0.15, 0.2) is 0 Å². The number of carbonyl (C=O) groups excluding carboxylic acids is 1. The summed E-state index contributed by atoms with van der Waals surface area (Å²) in [5.41, 5.74) is 3.14. The minimum atomic E-state index is -0.443. The summed E-state index contributed by atoms with van der Waals surface area (Å²) in [6.45, 7) is 2.19. The lowest BCUT2D eigenvalue weighted by Crippen LogP contribution is -2.22. The zero-order valence-corrected chi connectivity index (χ0v) is 15.1. The molecule has 0 aliphatic heterocycles. The first-order chi connectivity index (χ1) is 13.0. The Morgan fingerprint density at radius 2 is 2.15 bits per heavy atom. The van der Waals surface area contributed by atoms with E-state index in [9.17, 15) is 14.9 Å². The van der Waals surface area contributed by atoms with E-state index in [1.54, 1.807) is 30.3 Å². The molecule has 0 saturated heterocycles. The highest BCUT2D eigenvalue weighted by atomic mass is 16.6. The number of rotatable bonds is 5. The van der Waals surface area contributed by atoms with Crippen LogP contribution in [0.5, 0.6) is 0 Å². The number of benzene rings is 1. The van der Waals surface area contributed by atoms with E-state index in [1.165, 1.54) is 25.1 Å². The van der Waals surface area contributed by atoms with Crippen LogP contribution in [0.25, 0.3) is 11.3 Å². The van der Waals surface area contributed by atoms with Gasteiger partial charge in [-0.25, -0.2) is 5.43 Å². The van der Waals surface area contributed by atoms with Gasteiger partial charge < -0.3 is 4.42 Å². The van der Waals surface area contributed by atoms with Crippen LogP contribution < -0.4 is 5.43 Å².